The zero-order chi connectivity index (χ0) is 14.5. The van der Waals surface area contributed by atoms with E-state index in [0.717, 1.165) is 5.39 Å². The van der Waals surface area contributed by atoms with Gasteiger partial charge in [0.15, 0.2) is 5.84 Å². The summed E-state index contributed by atoms with van der Waals surface area (Å²) in [5.74, 6) is -0.318. The molecule has 2 rings (SSSR count). The van der Waals surface area contributed by atoms with E-state index < -0.39 is 6.04 Å². The molecule has 1 heterocycles. The molecule has 104 valence electrons. The molecule has 1 amide bonds. The number of aromatic nitrogens is 1. The quantitative estimate of drug-likeness (QED) is 0.340. The van der Waals surface area contributed by atoms with Crippen LogP contribution >= 0.6 is 0 Å². The Kier molecular flexibility index (Phi) is 4.14. The molecule has 1 unspecified atom stereocenters. The van der Waals surface area contributed by atoms with E-state index in [0.29, 0.717) is 17.5 Å². The van der Waals surface area contributed by atoms with E-state index in [2.05, 4.69) is 15.5 Å². The molecular weight excluding hydrogens is 256 g/mol. The fourth-order valence-electron chi connectivity index (χ4n) is 1.98. The fraction of sp³-hybridized carbons (Fsp3) is 0.214. The molecule has 0 saturated carbocycles. The minimum absolute atomic E-state index is 0.0194. The lowest BCUT2D eigenvalue weighted by Crippen LogP contribution is -2.44. The monoisotopic (exact) mass is 272 g/mol. The SMILES string of the molecule is CCC(NC(=O)c1cccc2cccnc12)C(N)=NO. The van der Waals surface area contributed by atoms with E-state index in [9.17, 15) is 4.79 Å². The summed E-state index contributed by atoms with van der Waals surface area (Å²) in [5.41, 5.74) is 6.63. The van der Waals surface area contributed by atoms with Crippen molar-refractivity contribution in [2.75, 3.05) is 0 Å². The van der Waals surface area contributed by atoms with Gasteiger partial charge in [-0.25, -0.2) is 0 Å². The Labute approximate surface area is 116 Å². The van der Waals surface area contributed by atoms with Crippen molar-refractivity contribution in [3.8, 4) is 0 Å². The van der Waals surface area contributed by atoms with Crippen molar-refractivity contribution in [3.63, 3.8) is 0 Å². The lowest BCUT2D eigenvalue weighted by Gasteiger charge is -2.15. The van der Waals surface area contributed by atoms with Crippen LogP contribution in [0, 0.1) is 0 Å². The number of nitrogens with two attached hydrogens (primary N) is 1. The number of para-hydroxylation sites is 1. The van der Waals surface area contributed by atoms with Gasteiger partial charge in [-0.05, 0) is 18.6 Å². The van der Waals surface area contributed by atoms with Crippen molar-refractivity contribution >= 4 is 22.6 Å². The Morgan fingerprint density at radius 1 is 1.45 bits per heavy atom. The first kappa shape index (κ1) is 13.8. The standard InChI is InChI=1S/C14H16N4O2/c1-2-11(13(15)18-20)17-14(19)10-7-3-5-9-6-4-8-16-12(9)10/h3-8,11,20H,2H2,1H3,(H2,15,18)(H,17,19). The van der Waals surface area contributed by atoms with Gasteiger partial charge in [0.2, 0.25) is 0 Å². The lowest BCUT2D eigenvalue weighted by molar-refractivity contribution is 0.0947. The van der Waals surface area contributed by atoms with Crippen LogP contribution in [-0.4, -0.2) is 28.0 Å². The van der Waals surface area contributed by atoms with Gasteiger partial charge in [0.25, 0.3) is 5.91 Å². The summed E-state index contributed by atoms with van der Waals surface area (Å²) in [4.78, 5) is 16.5. The highest BCUT2D eigenvalue weighted by Gasteiger charge is 2.17. The molecule has 6 heteroatoms. The largest absolute Gasteiger partial charge is 0.409 e. The van der Waals surface area contributed by atoms with Crippen LogP contribution in [-0.2, 0) is 0 Å². The summed E-state index contributed by atoms with van der Waals surface area (Å²) in [7, 11) is 0. The van der Waals surface area contributed by atoms with E-state index in [-0.39, 0.29) is 11.7 Å². The second-order valence-corrected chi connectivity index (χ2v) is 4.34. The molecule has 6 nitrogen and oxygen atoms in total. The molecule has 1 aromatic heterocycles. The second-order valence-electron chi connectivity index (χ2n) is 4.34. The molecule has 0 radical (unpaired) electrons. The molecule has 0 aliphatic heterocycles. The van der Waals surface area contributed by atoms with Crippen LogP contribution in [0.2, 0.25) is 0 Å². The Hall–Kier alpha value is -2.63. The summed E-state index contributed by atoms with van der Waals surface area (Å²) in [6.45, 7) is 1.84. The van der Waals surface area contributed by atoms with Crippen LogP contribution in [0.15, 0.2) is 41.7 Å². The topological polar surface area (TPSA) is 101 Å². The highest BCUT2D eigenvalue weighted by molar-refractivity contribution is 6.06. The fourth-order valence-corrected chi connectivity index (χ4v) is 1.98. The summed E-state index contributed by atoms with van der Waals surface area (Å²) in [6.07, 6.45) is 2.17. The maximum absolute atomic E-state index is 12.3. The van der Waals surface area contributed by atoms with Crippen LogP contribution in [0.3, 0.4) is 0 Å². The van der Waals surface area contributed by atoms with Crippen LogP contribution in [0.4, 0.5) is 0 Å². The van der Waals surface area contributed by atoms with Gasteiger partial charge >= 0.3 is 0 Å². The summed E-state index contributed by atoms with van der Waals surface area (Å²) < 4.78 is 0. The number of hydrogen-bond donors (Lipinski definition) is 3. The third-order valence-corrected chi connectivity index (χ3v) is 3.06. The molecule has 0 saturated heterocycles. The minimum atomic E-state index is -0.508. The van der Waals surface area contributed by atoms with Crippen LogP contribution < -0.4 is 11.1 Å². The number of hydrogen-bond acceptors (Lipinski definition) is 4. The van der Waals surface area contributed by atoms with Crippen molar-refractivity contribution < 1.29 is 10.0 Å². The number of rotatable bonds is 4. The smallest absolute Gasteiger partial charge is 0.254 e. The number of amides is 1. The van der Waals surface area contributed by atoms with Gasteiger partial charge in [0.05, 0.1) is 17.1 Å². The van der Waals surface area contributed by atoms with Gasteiger partial charge in [-0.15, -0.1) is 0 Å². The maximum Gasteiger partial charge on any atom is 0.254 e. The molecule has 2 aromatic rings. The highest BCUT2D eigenvalue weighted by atomic mass is 16.4. The van der Waals surface area contributed by atoms with Gasteiger partial charge in [-0.3, -0.25) is 9.78 Å². The number of carbonyl (C=O) groups is 1. The molecule has 0 fully saturated rings. The average Bonchev–Trinajstić information content (AvgIpc) is 2.51. The number of amidine groups is 1. The maximum atomic E-state index is 12.3. The van der Waals surface area contributed by atoms with E-state index in [1.165, 1.54) is 0 Å². The van der Waals surface area contributed by atoms with E-state index in [1.807, 2.05) is 25.1 Å². The van der Waals surface area contributed by atoms with Crippen molar-refractivity contribution in [1.82, 2.24) is 10.3 Å². The van der Waals surface area contributed by atoms with Gasteiger partial charge in [0, 0.05) is 11.6 Å². The Morgan fingerprint density at radius 3 is 2.90 bits per heavy atom. The van der Waals surface area contributed by atoms with Crippen molar-refractivity contribution in [2.45, 2.75) is 19.4 Å². The zero-order valence-corrected chi connectivity index (χ0v) is 11.1. The number of fused-ring (bicyclic) bond motifs is 1. The Bertz CT molecular complexity index is 649. The molecule has 1 atom stereocenters. The summed E-state index contributed by atoms with van der Waals surface area (Å²) >= 11 is 0. The average molecular weight is 272 g/mol. The van der Waals surface area contributed by atoms with Gasteiger partial charge < -0.3 is 16.3 Å². The predicted molar refractivity (Wildman–Crippen MR) is 76.7 cm³/mol. The lowest BCUT2D eigenvalue weighted by atomic mass is 10.1. The Morgan fingerprint density at radius 2 is 2.20 bits per heavy atom. The molecule has 1 aromatic carbocycles. The third kappa shape index (κ3) is 2.69. The molecule has 0 aliphatic carbocycles. The second kappa shape index (κ2) is 6.01. The van der Waals surface area contributed by atoms with Gasteiger partial charge in [-0.2, -0.15) is 0 Å². The van der Waals surface area contributed by atoms with Crippen LogP contribution in [0.1, 0.15) is 23.7 Å². The predicted octanol–water partition coefficient (Wildman–Crippen LogP) is 1.49. The van der Waals surface area contributed by atoms with Gasteiger partial charge in [0.1, 0.15) is 0 Å². The molecule has 4 N–H and O–H groups in total. The van der Waals surface area contributed by atoms with E-state index in [1.54, 1.807) is 18.3 Å². The van der Waals surface area contributed by atoms with Crippen molar-refractivity contribution in [1.29, 1.82) is 0 Å². The number of nitrogens with zero attached hydrogens (tertiary/aromatic N) is 2. The minimum Gasteiger partial charge on any atom is -0.409 e. The molecule has 0 aliphatic rings. The zero-order valence-electron chi connectivity index (χ0n) is 11.1. The van der Waals surface area contributed by atoms with Crippen LogP contribution in [0.5, 0.6) is 0 Å². The highest BCUT2D eigenvalue weighted by Crippen LogP contribution is 2.16. The number of pyridine rings is 1. The number of benzene rings is 1. The van der Waals surface area contributed by atoms with Gasteiger partial charge in [-0.1, -0.05) is 30.3 Å². The molecule has 0 bridgehead atoms. The van der Waals surface area contributed by atoms with E-state index >= 15 is 0 Å². The van der Waals surface area contributed by atoms with Crippen molar-refractivity contribution in [2.24, 2.45) is 10.9 Å². The number of carbonyl (C=O) groups excluding carboxylic acids is 1. The first-order valence-corrected chi connectivity index (χ1v) is 6.29. The molecular formula is C14H16N4O2. The summed E-state index contributed by atoms with van der Waals surface area (Å²) in [6, 6.07) is 8.58. The van der Waals surface area contributed by atoms with E-state index in [4.69, 9.17) is 10.9 Å². The summed E-state index contributed by atoms with van der Waals surface area (Å²) in [5, 5.41) is 15.2. The van der Waals surface area contributed by atoms with Crippen molar-refractivity contribution in [3.05, 3.63) is 42.1 Å². The molecule has 20 heavy (non-hydrogen) atoms. The Balaban J connectivity index is 2.32. The first-order chi connectivity index (χ1) is 9.67. The third-order valence-electron chi connectivity index (χ3n) is 3.06. The molecule has 0 spiro atoms. The van der Waals surface area contributed by atoms with Crippen LogP contribution in [0.25, 0.3) is 10.9 Å². The number of oxime groups is 1. The number of nitrogens with one attached hydrogen (secondary N) is 1. The normalized spacial score (nSPS) is 13.2. The first-order valence-electron chi connectivity index (χ1n) is 6.29.